The van der Waals surface area contributed by atoms with Gasteiger partial charge in [0.2, 0.25) is 0 Å². The SMILES string of the molecule is CC/C=C\C/C=C\C/C=C\C/C=C\C/C=C\C/C=C\C/C=C\C/C=C\C/C=C\C/C=C\CCCCC(=O)OC(COC(=O)CCCCCCCCCCCCCCCCCC)COC(OCC[N+](C)(C)C)C(=O)O. The molecule has 0 saturated heterocycles. The van der Waals surface area contributed by atoms with Crippen molar-refractivity contribution in [2.45, 2.75) is 225 Å². The highest BCUT2D eigenvalue weighted by Crippen LogP contribution is 2.15. The molecule has 0 rings (SSSR count). The fraction of sp³-hybridized carbons (Fsp3) is 0.646. The topological polar surface area (TPSA) is 108 Å². The Bertz CT molecular complexity index is 1620. The first-order chi connectivity index (χ1) is 36.1. The van der Waals surface area contributed by atoms with Crippen molar-refractivity contribution in [3.63, 3.8) is 0 Å². The summed E-state index contributed by atoms with van der Waals surface area (Å²) < 4.78 is 22.8. The molecular weight excluding hydrogens is 923 g/mol. The van der Waals surface area contributed by atoms with Crippen LogP contribution in [-0.2, 0) is 33.3 Å². The van der Waals surface area contributed by atoms with Crippen molar-refractivity contribution in [2.75, 3.05) is 47.5 Å². The fourth-order valence-electron chi connectivity index (χ4n) is 7.51. The molecule has 0 radical (unpaired) electrons. The van der Waals surface area contributed by atoms with E-state index >= 15 is 0 Å². The van der Waals surface area contributed by atoms with E-state index in [2.05, 4.69) is 135 Å². The minimum absolute atomic E-state index is 0.174. The second kappa shape index (κ2) is 54.9. The number of unbranched alkanes of at least 4 members (excludes halogenated alkanes) is 17. The Kier molecular flexibility index (Phi) is 51.7. The van der Waals surface area contributed by atoms with E-state index in [4.69, 9.17) is 18.9 Å². The Morgan fingerprint density at radius 3 is 1.15 bits per heavy atom. The number of carbonyl (C=O) groups is 3. The molecule has 0 aromatic heterocycles. The molecule has 0 aromatic carbocycles. The number of allylic oxidation sites excluding steroid dienone is 20. The number of hydrogen-bond donors (Lipinski definition) is 1. The van der Waals surface area contributed by atoms with E-state index in [1.807, 2.05) is 21.1 Å². The summed E-state index contributed by atoms with van der Waals surface area (Å²) in [6.45, 7) is 4.70. The molecule has 420 valence electrons. The lowest BCUT2D eigenvalue weighted by Crippen LogP contribution is -2.40. The molecule has 0 saturated carbocycles. The highest BCUT2D eigenvalue weighted by Gasteiger charge is 2.25. The lowest BCUT2D eigenvalue weighted by Gasteiger charge is -2.25. The predicted octanol–water partition coefficient (Wildman–Crippen LogP) is 17.3. The number of carboxylic acid groups (broad SMARTS) is 1. The number of ether oxygens (including phenoxy) is 4. The minimum Gasteiger partial charge on any atom is -0.477 e. The van der Waals surface area contributed by atoms with Gasteiger partial charge in [0.05, 0.1) is 34.4 Å². The van der Waals surface area contributed by atoms with Gasteiger partial charge in [-0.3, -0.25) is 9.59 Å². The number of aliphatic carboxylic acids is 1. The number of quaternary nitrogens is 1. The van der Waals surface area contributed by atoms with Crippen LogP contribution in [0.3, 0.4) is 0 Å². The highest BCUT2D eigenvalue weighted by atomic mass is 16.7. The summed E-state index contributed by atoms with van der Waals surface area (Å²) in [6, 6.07) is 0. The average molecular weight is 1030 g/mol. The average Bonchev–Trinajstić information content (AvgIpc) is 3.37. The van der Waals surface area contributed by atoms with Crippen molar-refractivity contribution in [2.24, 2.45) is 0 Å². The van der Waals surface area contributed by atoms with Gasteiger partial charge in [0, 0.05) is 12.8 Å². The number of carboxylic acids is 1. The molecule has 1 N–H and O–H groups in total. The summed E-state index contributed by atoms with van der Waals surface area (Å²) in [6.07, 6.45) is 74.2. The summed E-state index contributed by atoms with van der Waals surface area (Å²) in [5.74, 6) is -2.07. The van der Waals surface area contributed by atoms with Crippen LogP contribution in [0.1, 0.15) is 213 Å². The third kappa shape index (κ3) is 55.4. The van der Waals surface area contributed by atoms with Gasteiger partial charge in [0.1, 0.15) is 13.2 Å². The Hall–Kier alpha value is -4.31. The van der Waals surface area contributed by atoms with Crippen LogP contribution in [0.15, 0.2) is 122 Å². The number of esters is 2. The zero-order chi connectivity index (χ0) is 54.1. The molecule has 9 heteroatoms. The quantitative estimate of drug-likeness (QED) is 0.0211. The number of nitrogens with zero attached hydrogens (tertiary/aromatic N) is 1. The largest absolute Gasteiger partial charge is 0.477 e. The van der Waals surface area contributed by atoms with Crippen LogP contribution in [0, 0.1) is 0 Å². The van der Waals surface area contributed by atoms with Crippen molar-refractivity contribution in [1.82, 2.24) is 0 Å². The molecule has 0 aliphatic carbocycles. The Balaban J connectivity index is 4.35. The zero-order valence-electron chi connectivity index (χ0n) is 47.7. The monoisotopic (exact) mass is 1030 g/mol. The van der Waals surface area contributed by atoms with Gasteiger partial charge < -0.3 is 28.5 Å². The summed E-state index contributed by atoms with van der Waals surface area (Å²) in [5.41, 5.74) is 0. The van der Waals surface area contributed by atoms with Gasteiger partial charge in [-0.15, -0.1) is 0 Å². The van der Waals surface area contributed by atoms with Gasteiger partial charge in [-0.25, -0.2) is 4.79 Å². The maximum Gasteiger partial charge on any atom is 0.361 e. The molecule has 9 nitrogen and oxygen atoms in total. The van der Waals surface area contributed by atoms with Crippen molar-refractivity contribution in [3.05, 3.63) is 122 Å². The first kappa shape index (κ1) is 69.7. The molecular formula is C65H108NO8+. The summed E-state index contributed by atoms with van der Waals surface area (Å²) in [7, 11) is 5.94. The molecule has 74 heavy (non-hydrogen) atoms. The first-order valence-corrected chi connectivity index (χ1v) is 29.2. The van der Waals surface area contributed by atoms with E-state index in [0.717, 1.165) is 96.3 Å². The molecule has 0 amide bonds. The molecule has 0 aliphatic rings. The Morgan fingerprint density at radius 1 is 0.419 bits per heavy atom. The van der Waals surface area contributed by atoms with Crippen LogP contribution < -0.4 is 0 Å². The standard InChI is InChI=1S/C65H107NO8/c1-6-8-10-12-14-16-18-20-22-24-25-26-27-28-29-30-31-32-33-34-35-36-37-38-39-40-42-44-46-48-50-52-54-56-63(68)74-61(60-73-65(64(69)70)71-58-57-66(3,4)5)59-72-62(67)55-53-51-49-47-45-43-41-23-21-19-17-15-13-11-9-7-2/h8,10,14,16,20,22,25-26,28-29,31-32,34-35,37-38,40,42,46,48,61,65H,6-7,9,11-13,15,17-19,21,23-24,27,30,33,36,39,41,43-45,47,49-60H2,1-5H3/p+1/b10-8-,16-14-,22-20-,26-25-,29-28-,32-31-,35-34-,38-37-,42-40-,48-46-. The van der Waals surface area contributed by atoms with Gasteiger partial charge >= 0.3 is 17.9 Å². The van der Waals surface area contributed by atoms with Crippen molar-refractivity contribution >= 4 is 17.9 Å². The highest BCUT2D eigenvalue weighted by molar-refractivity contribution is 5.71. The van der Waals surface area contributed by atoms with E-state index in [9.17, 15) is 19.5 Å². The molecule has 0 aliphatic heterocycles. The van der Waals surface area contributed by atoms with E-state index in [1.165, 1.54) is 83.5 Å². The fourth-order valence-corrected chi connectivity index (χ4v) is 7.51. The predicted molar refractivity (Wildman–Crippen MR) is 313 cm³/mol. The van der Waals surface area contributed by atoms with Gasteiger partial charge in [-0.2, -0.15) is 0 Å². The second-order valence-corrected chi connectivity index (χ2v) is 20.2. The zero-order valence-corrected chi connectivity index (χ0v) is 47.7. The van der Waals surface area contributed by atoms with Crippen molar-refractivity contribution in [3.8, 4) is 0 Å². The van der Waals surface area contributed by atoms with Gasteiger partial charge in [0.15, 0.2) is 6.10 Å². The molecule has 2 atom stereocenters. The Morgan fingerprint density at radius 2 is 0.770 bits per heavy atom. The summed E-state index contributed by atoms with van der Waals surface area (Å²) in [4.78, 5) is 37.4. The van der Waals surface area contributed by atoms with Crippen molar-refractivity contribution < 1.29 is 42.9 Å². The smallest absolute Gasteiger partial charge is 0.361 e. The maximum absolute atomic E-state index is 12.9. The minimum atomic E-state index is -1.53. The maximum atomic E-state index is 12.9. The lowest BCUT2D eigenvalue weighted by molar-refractivity contribution is -0.870. The second-order valence-electron chi connectivity index (χ2n) is 20.2. The number of rotatable bonds is 52. The van der Waals surface area contributed by atoms with Gasteiger partial charge in [-0.1, -0.05) is 232 Å². The van der Waals surface area contributed by atoms with Crippen LogP contribution in [-0.4, -0.2) is 87.4 Å². The molecule has 0 heterocycles. The molecule has 0 aromatic rings. The summed E-state index contributed by atoms with van der Waals surface area (Å²) >= 11 is 0. The third-order valence-corrected chi connectivity index (χ3v) is 12.0. The third-order valence-electron chi connectivity index (χ3n) is 12.0. The van der Waals surface area contributed by atoms with E-state index < -0.39 is 24.3 Å². The van der Waals surface area contributed by atoms with Crippen LogP contribution >= 0.6 is 0 Å². The van der Waals surface area contributed by atoms with Crippen LogP contribution in [0.5, 0.6) is 0 Å². The van der Waals surface area contributed by atoms with E-state index in [1.54, 1.807) is 0 Å². The van der Waals surface area contributed by atoms with Gasteiger partial charge in [0.25, 0.3) is 6.29 Å². The molecule has 0 bridgehead atoms. The molecule has 2 unspecified atom stereocenters. The Labute approximate surface area is 453 Å². The first-order valence-electron chi connectivity index (χ1n) is 29.2. The van der Waals surface area contributed by atoms with Crippen LogP contribution in [0.25, 0.3) is 0 Å². The van der Waals surface area contributed by atoms with E-state index in [0.29, 0.717) is 17.4 Å². The number of likely N-dealkylation sites (N-methyl/N-ethyl adjacent to an activating group) is 1. The number of hydrogen-bond acceptors (Lipinski definition) is 7. The van der Waals surface area contributed by atoms with Gasteiger partial charge in [-0.05, 0) is 89.9 Å². The number of carbonyl (C=O) groups excluding carboxylic acids is 2. The molecule has 0 fully saturated rings. The molecule has 0 spiro atoms. The van der Waals surface area contributed by atoms with Crippen molar-refractivity contribution in [1.29, 1.82) is 0 Å². The summed E-state index contributed by atoms with van der Waals surface area (Å²) in [5, 5.41) is 9.69. The lowest BCUT2D eigenvalue weighted by atomic mass is 10.0. The van der Waals surface area contributed by atoms with Crippen LogP contribution in [0.2, 0.25) is 0 Å². The van der Waals surface area contributed by atoms with Crippen LogP contribution in [0.4, 0.5) is 0 Å². The normalized spacial score (nSPS) is 13.7. The van der Waals surface area contributed by atoms with E-state index in [-0.39, 0.29) is 38.6 Å².